The van der Waals surface area contributed by atoms with E-state index in [1.807, 2.05) is 4.90 Å². The lowest BCUT2D eigenvalue weighted by Crippen LogP contribution is -2.50. The molecule has 0 spiro atoms. The third-order valence-corrected chi connectivity index (χ3v) is 4.59. The minimum atomic E-state index is -0.446. The summed E-state index contributed by atoms with van der Waals surface area (Å²) in [4.78, 5) is 38.0. The molecule has 2 rings (SSSR count). The summed E-state index contributed by atoms with van der Waals surface area (Å²) in [5.41, 5.74) is -0.804. The number of amides is 1. The third-order valence-electron chi connectivity index (χ3n) is 4.59. The van der Waals surface area contributed by atoms with Gasteiger partial charge in [0.1, 0.15) is 6.54 Å². The Labute approximate surface area is 130 Å². The predicted octanol–water partition coefficient (Wildman–Crippen LogP) is 0.974. The molecule has 1 aliphatic rings. The molecule has 0 saturated carbocycles. The van der Waals surface area contributed by atoms with E-state index in [-0.39, 0.29) is 24.1 Å². The van der Waals surface area contributed by atoms with Crippen molar-refractivity contribution < 1.29 is 4.79 Å². The highest BCUT2D eigenvalue weighted by Gasteiger charge is 2.31. The fraction of sp³-hybridized carbons (Fsp3) is 0.688. The summed E-state index contributed by atoms with van der Waals surface area (Å²) in [7, 11) is 1.43. The lowest BCUT2D eigenvalue weighted by molar-refractivity contribution is -0.137. The number of aromatic nitrogens is 2. The highest BCUT2D eigenvalue weighted by Crippen LogP contribution is 2.26. The molecule has 0 N–H and O–H groups in total. The van der Waals surface area contributed by atoms with Crippen LogP contribution < -0.4 is 11.2 Å². The van der Waals surface area contributed by atoms with E-state index in [9.17, 15) is 14.4 Å². The van der Waals surface area contributed by atoms with E-state index in [0.717, 1.165) is 36.8 Å². The zero-order valence-electron chi connectivity index (χ0n) is 13.6. The molecule has 0 unspecified atom stereocenters. The second-order valence-corrected chi connectivity index (χ2v) is 6.19. The second kappa shape index (κ2) is 6.94. The molecule has 6 nitrogen and oxygen atoms in total. The van der Waals surface area contributed by atoms with Gasteiger partial charge in [0.05, 0.1) is 0 Å². The van der Waals surface area contributed by atoms with Crippen LogP contribution in [-0.2, 0) is 18.4 Å². The number of piperidine rings is 1. The monoisotopic (exact) mass is 307 g/mol. The Kier molecular flexibility index (Phi) is 5.21. The SMILES string of the molecule is CCC[C@@H]1[C@@H](C)CCCN1C(=O)Cn1ccc(=O)n(C)c1=O. The van der Waals surface area contributed by atoms with E-state index < -0.39 is 5.69 Å². The van der Waals surface area contributed by atoms with Gasteiger partial charge < -0.3 is 4.90 Å². The Morgan fingerprint density at radius 3 is 2.77 bits per heavy atom. The average molecular weight is 307 g/mol. The highest BCUT2D eigenvalue weighted by atomic mass is 16.2. The van der Waals surface area contributed by atoms with Gasteiger partial charge in [-0.1, -0.05) is 20.3 Å². The van der Waals surface area contributed by atoms with Crippen LogP contribution in [0.2, 0.25) is 0 Å². The van der Waals surface area contributed by atoms with Gasteiger partial charge in [0.2, 0.25) is 5.91 Å². The first-order valence-electron chi connectivity index (χ1n) is 8.01. The minimum Gasteiger partial charge on any atom is -0.338 e. The normalized spacial score (nSPS) is 21.9. The number of hydrogen-bond acceptors (Lipinski definition) is 3. The quantitative estimate of drug-likeness (QED) is 0.833. The summed E-state index contributed by atoms with van der Waals surface area (Å²) in [5.74, 6) is 0.459. The second-order valence-electron chi connectivity index (χ2n) is 6.19. The van der Waals surface area contributed by atoms with Gasteiger partial charge in [-0.2, -0.15) is 0 Å². The molecule has 1 fully saturated rings. The molecule has 6 heteroatoms. The Bertz CT molecular complexity index is 647. The van der Waals surface area contributed by atoms with Gasteiger partial charge in [-0.3, -0.25) is 18.7 Å². The van der Waals surface area contributed by atoms with Gasteiger partial charge in [0.25, 0.3) is 5.56 Å². The van der Waals surface area contributed by atoms with E-state index in [1.165, 1.54) is 23.9 Å². The molecule has 1 amide bonds. The van der Waals surface area contributed by atoms with Gasteiger partial charge in [-0.25, -0.2) is 4.79 Å². The summed E-state index contributed by atoms with van der Waals surface area (Å²) in [5, 5.41) is 0. The number of hydrogen-bond donors (Lipinski definition) is 0. The van der Waals surface area contributed by atoms with Crippen LogP contribution in [0.15, 0.2) is 21.9 Å². The molecule has 1 aliphatic heterocycles. The Hall–Kier alpha value is -1.85. The van der Waals surface area contributed by atoms with E-state index in [4.69, 9.17) is 0 Å². The van der Waals surface area contributed by atoms with Crippen LogP contribution in [0.5, 0.6) is 0 Å². The topological polar surface area (TPSA) is 64.3 Å². The van der Waals surface area contributed by atoms with Crippen molar-refractivity contribution in [2.24, 2.45) is 13.0 Å². The molecule has 1 saturated heterocycles. The number of likely N-dealkylation sites (tertiary alicyclic amines) is 1. The smallest absolute Gasteiger partial charge is 0.331 e. The maximum atomic E-state index is 12.6. The summed E-state index contributed by atoms with van der Waals surface area (Å²) in [6, 6.07) is 1.58. The first-order valence-corrected chi connectivity index (χ1v) is 8.01. The molecule has 0 aromatic carbocycles. The predicted molar refractivity (Wildman–Crippen MR) is 84.8 cm³/mol. The Morgan fingerprint density at radius 1 is 1.36 bits per heavy atom. The van der Waals surface area contributed by atoms with Gasteiger partial charge in [-0.15, -0.1) is 0 Å². The van der Waals surface area contributed by atoms with Gasteiger partial charge >= 0.3 is 5.69 Å². The van der Waals surface area contributed by atoms with Crippen molar-refractivity contribution in [2.45, 2.75) is 52.1 Å². The summed E-state index contributed by atoms with van der Waals surface area (Å²) in [6.45, 7) is 5.08. The number of rotatable bonds is 4. The van der Waals surface area contributed by atoms with Crippen LogP contribution in [0.25, 0.3) is 0 Å². The molecular weight excluding hydrogens is 282 g/mol. The van der Waals surface area contributed by atoms with Crippen LogP contribution >= 0.6 is 0 Å². The molecule has 1 aromatic rings. The zero-order chi connectivity index (χ0) is 16.3. The molecule has 2 heterocycles. The van der Waals surface area contributed by atoms with Crippen molar-refractivity contribution in [3.05, 3.63) is 33.1 Å². The van der Waals surface area contributed by atoms with E-state index >= 15 is 0 Å². The van der Waals surface area contributed by atoms with Crippen LogP contribution in [-0.4, -0.2) is 32.5 Å². The zero-order valence-corrected chi connectivity index (χ0v) is 13.6. The van der Waals surface area contributed by atoms with Crippen molar-refractivity contribution in [3.63, 3.8) is 0 Å². The number of nitrogens with zero attached hydrogens (tertiary/aromatic N) is 3. The first-order chi connectivity index (χ1) is 10.5. The van der Waals surface area contributed by atoms with Gasteiger partial charge in [0.15, 0.2) is 0 Å². The summed E-state index contributed by atoms with van der Waals surface area (Å²) < 4.78 is 2.33. The molecule has 0 bridgehead atoms. The highest BCUT2D eigenvalue weighted by molar-refractivity contribution is 5.76. The average Bonchev–Trinajstić information content (AvgIpc) is 2.50. The molecule has 0 aliphatic carbocycles. The first kappa shape index (κ1) is 16.5. The number of carbonyl (C=O) groups is 1. The van der Waals surface area contributed by atoms with E-state index in [1.54, 1.807) is 0 Å². The van der Waals surface area contributed by atoms with Crippen molar-refractivity contribution in [2.75, 3.05) is 6.54 Å². The third kappa shape index (κ3) is 3.31. The van der Waals surface area contributed by atoms with Crippen molar-refractivity contribution in [1.82, 2.24) is 14.0 Å². The largest absolute Gasteiger partial charge is 0.338 e. The van der Waals surface area contributed by atoms with Crippen molar-refractivity contribution >= 4 is 5.91 Å². The lowest BCUT2D eigenvalue weighted by atomic mass is 9.88. The standard InChI is InChI=1S/C16H25N3O3/c1-4-6-13-12(2)7-5-9-19(13)15(21)11-18-10-8-14(20)17(3)16(18)22/h8,10,12-13H,4-7,9,11H2,1-3H3/t12-,13+/m0/s1. The fourth-order valence-corrected chi connectivity index (χ4v) is 3.27. The fourth-order valence-electron chi connectivity index (χ4n) is 3.27. The van der Waals surface area contributed by atoms with Crippen molar-refractivity contribution in [3.8, 4) is 0 Å². The van der Waals surface area contributed by atoms with E-state index in [2.05, 4.69) is 13.8 Å². The summed E-state index contributed by atoms with van der Waals surface area (Å²) in [6.07, 6.45) is 5.60. The van der Waals surface area contributed by atoms with Crippen LogP contribution in [0, 0.1) is 5.92 Å². The van der Waals surface area contributed by atoms with Crippen LogP contribution in [0.3, 0.4) is 0 Å². The van der Waals surface area contributed by atoms with Crippen LogP contribution in [0.4, 0.5) is 0 Å². The molecule has 2 atom stereocenters. The number of carbonyl (C=O) groups excluding carboxylic acids is 1. The van der Waals surface area contributed by atoms with Gasteiger partial charge in [0, 0.05) is 31.9 Å². The van der Waals surface area contributed by atoms with Gasteiger partial charge in [-0.05, 0) is 25.2 Å². The molecule has 1 aromatic heterocycles. The maximum absolute atomic E-state index is 12.6. The Balaban J connectivity index is 2.19. The molecule has 22 heavy (non-hydrogen) atoms. The Morgan fingerprint density at radius 2 is 2.09 bits per heavy atom. The van der Waals surface area contributed by atoms with Crippen LogP contribution in [0.1, 0.15) is 39.5 Å². The molecule has 0 radical (unpaired) electrons. The maximum Gasteiger partial charge on any atom is 0.331 e. The minimum absolute atomic E-state index is 0.000111. The van der Waals surface area contributed by atoms with E-state index in [0.29, 0.717) is 5.92 Å². The molecule has 122 valence electrons. The lowest BCUT2D eigenvalue weighted by Gasteiger charge is -2.40. The van der Waals surface area contributed by atoms with Crippen molar-refractivity contribution in [1.29, 1.82) is 0 Å². The summed E-state index contributed by atoms with van der Waals surface area (Å²) >= 11 is 0. The molecular formula is C16H25N3O3.